The van der Waals surface area contributed by atoms with Crippen LogP contribution in [0.4, 0.5) is 4.39 Å². The van der Waals surface area contributed by atoms with Gasteiger partial charge in [-0.2, -0.15) is 0 Å². The number of ether oxygens (including phenoxy) is 1. The van der Waals surface area contributed by atoms with Crippen molar-refractivity contribution < 1.29 is 9.13 Å². The maximum atomic E-state index is 14.8. The zero-order chi connectivity index (χ0) is 18.1. The highest BCUT2D eigenvalue weighted by Crippen LogP contribution is 2.47. The summed E-state index contributed by atoms with van der Waals surface area (Å²) in [7, 11) is 0. The molecule has 2 aromatic rings. The topological polar surface area (TPSA) is 25.4 Å². The maximum Gasteiger partial charge on any atom is 0.217 e. The molecule has 4 aliphatic heterocycles. The summed E-state index contributed by atoms with van der Waals surface area (Å²) in [6.07, 6.45) is 4.97. The van der Waals surface area contributed by atoms with Gasteiger partial charge in [-0.3, -0.25) is 4.90 Å². The van der Waals surface area contributed by atoms with E-state index < -0.39 is 0 Å². The van der Waals surface area contributed by atoms with Crippen molar-refractivity contribution in [1.29, 1.82) is 0 Å². The van der Waals surface area contributed by atoms with Crippen LogP contribution in [0, 0.1) is 11.7 Å². The first-order chi connectivity index (χ1) is 12.5. The number of hydrogen-bond donors (Lipinski definition) is 0. The van der Waals surface area contributed by atoms with Gasteiger partial charge in [-0.15, -0.1) is 0 Å². The second kappa shape index (κ2) is 6.26. The first kappa shape index (κ1) is 17.6. The number of nitrogens with zero attached hydrogens (tertiary/aromatic N) is 2. The molecule has 0 amide bonds. The van der Waals surface area contributed by atoms with Crippen LogP contribution in [0.2, 0.25) is 0 Å². The van der Waals surface area contributed by atoms with Crippen molar-refractivity contribution >= 4 is 47.8 Å². The second-order valence-electron chi connectivity index (χ2n) is 7.43. The maximum absolute atomic E-state index is 14.8. The van der Waals surface area contributed by atoms with Gasteiger partial charge in [0.2, 0.25) is 5.88 Å². The zero-order valence-electron chi connectivity index (χ0n) is 13.9. The third kappa shape index (κ3) is 2.61. The summed E-state index contributed by atoms with van der Waals surface area (Å²) in [5.41, 5.74) is 2.25. The van der Waals surface area contributed by atoms with E-state index in [1.54, 1.807) is 12.3 Å². The van der Waals surface area contributed by atoms with Gasteiger partial charge in [0, 0.05) is 50.7 Å². The molecule has 1 spiro atoms. The Hall–Kier alpha value is -0.500. The predicted molar refractivity (Wildman–Crippen MR) is 109 cm³/mol. The van der Waals surface area contributed by atoms with Gasteiger partial charge in [0.15, 0.2) is 0 Å². The fourth-order valence-electron chi connectivity index (χ4n) is 4.64. The van der Waals surface area contributed by atoms with Gasteiger partial charge >= 0.3 is 0 Å². The van der Waals surface area contributed by atoms with Gasteiger partial charge in [0.05, 0.1) is 4.47 Å². The molecule has 2 bridgehead atoms. The Balaban J connectivity index is 1.53. The monoisotopic (exact) mass is 544 g/mol. The van der Waals surface area contributed by atoms with Gasteiger partial charge in [-0.1, -0.05) is 0 Å². The van der Waals surface area contributed by atoms with Crippen molar-refractivity contribution in [2.24, 2.45) is 5.92 Å². The van der Waals surface area contributed by atoms with Crippen LogP contribution < -0.4 is 4.74 Å². The Morgan fingerprint density at radius 2 is 1.92 bits per heavy atom. The van der Waals surface area contributed by atoms with Crippen molar-refractivity contribution in [2.75, 3.05) is 19.6 Å². The summed E-state index contributed by atoms with van der Waals surface area (Å²) in [6.45, 7) is 3.33. The normalized spacial score (nSPS) is 29.1. The average Bonchev–Trinajstić information content (AvgIpc) is 3.00. The number of rotatable bonds is 1. The SMILES string of the molecule is Fc1c(-c2cnc3c(c2)C[C@@]2(CN4CCC2CC4)O3)cc(Br)c(Br)c1Br. The van der Waals surface area contributed by atoms with Crippen LogP contribution in [-0.4, -0.2) is 35.1 Å². The van der Waals surface area contributed by atoms with E-state index in [2.05, 4.69) is 57.7 Å². The van der Waals surface area contributed by atoms with Crippen molar-refractivity contribution in [3.8, 4) is 17.0 Å². The van der Waals surface area contributed by atoms with Crippen molar-refractivity contribution in [1.82, 2.24) is 9.88 Å². The van der Waals surface area contributed by atoms with Crippen LogP contribution in [0.25, 0.3) is 11.1 Å². The fraction of sp³-hybridized carbons (Fsp3) is 0.421. The fourth-order valence-corrected chi connectivity index (χ4v) is 6.05. The van der Waals surface area contributed by atoms with E-state index >= 15 is 0 Å². The van der Waals surface area contributed by atoms with Gasteiger partial charge in [-0.25, -0.2) is 9.37 Å². The highest BCUT2D eigenvalue weighted by Gasteiger charge is 2.52. The molecule has 7 heteroatoms. The van der Waals surface area contributed by atoms with Crippen molar-refractivity contribution in [3.05, 3.63) is 43.1 Å². The van der Waals surface area contributed by atoms with Crippen molar-refractivity contribution in [2.45, 2.75) is 24.9 Å². The molecule has 3 saturated heterocycles. The lowest BCUT2D eigenvalue weighted by Crippen LogP contribution is -2.61. The number of benzene rings is 1. The molecule has 0 radical (unpaired) electrons. The van der Waals surface area contributed by atoms with E-state index in [-0.39, 0.29) is 11.4 Å². The molecule has 1 aromatic heterocycles. The molecule has 0 saturated carbocycles. The number of pyridine rings is 1. The van der Waals surface area contributed by atoms with Gasteiger partial charge in [0.1, 0.15) is 11.4 Å². The summed E-state index contributed by atoms with van der Waals surface area (Å²) < 4.78 is 23.0. The van der Waals surface area contributed by atoms with Gasteiger partial charge in [-0.05, 0) is 85.9 Å². The van der Waals surface area contributed by atoms with Crippen LogP contribution in [-0.2, 0) is 6.42 Å². The lowest BCUT2D eigenvalue weighted by molar-refractivity contribution is -0.0814. The molecule has 1 aromatic carbocycles. The molecule has 6 rings (SSSR count). The van der Waals surface area contributed by atoms with Gasteiger partial charge < -0.3 is 4.74 Å². The molecule has 0 N–H and O–H groups in total. The molecule has 1 atom stereocenters. The lowest BCUT2D eigenvalue weighted by atomic mass is 9.73. The molecule has 5 heterocycles. The lowest BCUT2D eigenvalue weighted by Gasteiger charge is -2.50. The van der Waals surface area contributed by atoms with E-state index in [1.807, 2.05) is 6.07 Å². The number of halogens is 4. The molecule has 3 nitrogen and oxygen atoms in total. The number of aromatic nitrogens is 1. The minimum absolute atomic E-state index is 0.135. The van der Waals surface area contributed by atoms with E-state index in [0.29, 0.717) is 20.4 Å². The average molecular weight is 547 g/mol. The minimum atomic E-state index is -0.293. The summed E-state index contributed by atoms with van der Waals surface area (Å²) in [5.74, 6) is 1.02. The Bertz CT molecular complexity index is 914. The molecule has 3 fully saturated rings. The highest BCUT2D eigenvalue weighted by molar-refractivity contribution is 9.14. The summed E-state index contributed by atoms with van der Waals surface area (Å²) in [5, 5.41) is 0. The Morgan fingerprint density at radius 3 is 2.62 bits per heavy atom. The molecular weight excluding hydrogens is 531 g/mol. The molecule has 4 aliphatic rings. The predicted octanol–water partition coefficient (Wildman–Crippen LogP) is 5.57. The van der Waals surface area contributed by atoms with Crippen LogP contribution in [0.1, 0.15) is 18.4 Å². The molecule has 136 valence electrons. The Labute approximate surface area is 176 Å². The van der Waals surface area contributed by atoms with Crippen molar-refractivity contribution in [3.63, 3.8) is 0 Å². The largest absolute Gasteiger partial charge is 0.469 e. The standard InChI is InChI=1S/C19H16Br3FN2O/c20-14-6-13(17(23)16(22)15(14)21)11-5-10-7-19(26-18(10)24-8-11)9-25-3-1-12(19)2-4-25/h5-6,8,12H,1-4,7,9H2/t19-/m0/s1. The van der Waals surface area contributed by atoms with E-state index in [9.17, 15) is 4.39 Å². The Morgan fingerprint density at radius 1 is 1.15 bits per heavy atom. The molecule has 0 aliphatic carbocycles. The van der Waals surface area contributed by atoms with Crippen LogP contribution in [0.5, 0.6) is 5.88 Å². The Kier molecular flexibility index (Phi) is 4.23. The quantitative estimate of drug-likeness (QED) is 0.345. The zero-order valence-corrected chi connectivity index (χ0v) is 18.6. The number of hydrogen-bond acceptors (Lipinski definition) is 3. The third-order valence-corrected chi connectivity index (χ3v) is 9.21. The highest BCUT2D eigenvalue weighted by atomic mass is 79.9. The summed E-state index contributed by atoms with van der Waals surface area (Å²) in [4.78, 5) is 7.04. The first-order valence-electron chi connectivity index (χ1n) is 8.70. The van der Waals surface area contributed by atoms with E-state index in [0.717, 1.165) is 34.4 Å². The van der Waals surface area contributed by atoms with Gasteiger partial charge in [0.25, 0.3) is 0 Å². The first-order valence-corrected chi connectivity index (χ1v) is 11.1. The van der Waals surface area contributed by atoms with Crippen LogP contribution in [0.15, 0.2) is 31.7 Å². The molecule has 26 heavy (non-hydrogen) atoms. The summed E-state index contributed by atoms with van der Waals surface area (Å²) in [6, 6.07) is 3.83. The summed E-state index contributed by atoms with van der Waals surface area (Å²) >= 11 is 10.2. The van der Waals surface area contributed by atoms with Crippen LogP contribution >= 0.6 is 47.8 Å². The molecular formula is C19H16Br3FN2O. The number of fused-ring (bicyclic) bond motifs is 3. The smallest absolute Gasteiger partial charge is 0.217 e. The molecule has 0 unspecified atom stereocenters. The second-order valence-corrected chi connectivity index (χ2v) is 9.87. The van der Waals surface area contributed by atoms with E-state index in [1.165, 1.54) is 25.9 Å². The van der Waals surface area contributed by atoms with E-state index in [4.69, 9.17) is 4.74 Å². The third-order valence-electron chi connectivity index (χ3n) is 5.95. The minimum Gasteiger partial charge on any atom is -0.469 e. The number of piperidine rings is 3. The van der Waals surface area contributed by atoms with Crippen LogP contribution in [0.3, 0.4) is 0 Å².